The Morgan fingerprint density at radius 3 is 2.61 bits per heavy atom. The first-order chi connectivity index (χ1) is 13.7. The summed E-state index contributed by atoms with van der Waals surface area (Å²) in [6.07, 6.45) is 2.77. The lowest BCUT2D eigenvalue weighted by Crippen LogP contribution is -2.37. The van der Waals surface area contributed by atoms with Gasteiger partial charge in [-0.25, -0.2) is 4.98 Å². The van der Waals surface area contributed by atoms with Crippen LogP contribution in [0.1, 0.15) is 18.4 Å². The van der Waals surface area contributed by atoms with E-state index in [4.69, 9.17) is 9.47 Å². The minimum absolute atomic E-state index is 0.0663. The lowest BCUT2D eigenvalue weighted by Gasteiger charge is -2.30. The van der Waals surface area contributed by atoms with Crippen molar-refractivity contribution in [3.8, 4) is 10.9 Å². The lowest BCUT2D eigenvalue weighted by atomic mass is 9.97. The number of hydrogen-bond donors (Lipinski definition) is 0. The molecule has 0 N–H and O–H groups in total. The highest BCUT2D eigenvalue weighted by Gasteiger charge is 2.25. The Kier molecular flexibility index (Phi) is 5.88. The molecule has 3 aromatic rings. The molecule has 1 aromatic heterocycles. The Labute approximate surface area is 168 Å². The number of esters is 1. The van der Waals surface area contributed by atoms with Gasteiger partial charge in [0.05, 0.1) is 23.2 Å². The van der Waals surface area contributed by atoms with Crippen molar-refractivity contribution in [2.24, 2.45) is 5.92 Å². The second kappa shape index (κ2) is 8.71. The Bertz CT molecular complexity index is 897. The van der Waals surface area contributed by atoms with Gasteiger partial charge in [0.1, 0.15) is 5.75 Å². The summed E-state index contributed by atoms with van der Waals surface area (Å²) in [5.41, 5.74) is 2.25. The number of fused-ring (bicyclic) bond motifs is 1. The van der Waals surface area contributed by atoms with Gasteiger partial charge in [0.2, 0.25) is 0 Å². The standard InChI is InChI=1S/C22H24N2O3S/c1-26-21(25)17-11-14-24(15-12-17)13-10-16-6-8-18(9-7-16)27-22-23-19-4-2-3-5-20(19)28-22/h2-9,17H,10-15H2,1H3. The third-order valence-electron chi connectivity index (χ3n) is 5.24. The maximum absolute atomic E-state index is 11.6. The molecule has 0 atom stereocenters. The smallest absolute Gasteiger partial charge is 0.308 e. The first-order valence-corrected chi connectivity index (χ1v) is 10.5. The molecular weight excluding hydrogens is 372 g/mol. The average molecular weight is 397 g/mol. The number of rotatable bonds is 6. The van der Waals surface area contributed by atoms with Crippen LogP contribution in [0.5, 0.6) is 10.9 Å². The molecule has 1 aliphatic heterocycles. The molecule has 0 amide bonds. The molecule has 1 fully saturated rings. The Hall–Kier alpha value is -2.44. The molecule has 6 heteroatoms. The lowest BCUT2D eigenvalue weighted by molar-refractivity contribution is -0.147. The van der Waals surface area contributed by atoms with Gasteiger partial charge < -0.3 is 14.4 Å². The van der Waals surface area contributed by atoms with Crippen molar-refractivity contribution in [2.45, 2.75) is 19.3 Å². The van der Waals surface area contributed by atoms with Gasteiger partial charge in [-0.1, -0.05) is 35.6 Å². The molecule has 2 heterocycles. The van der Waals surface area contributed by atoms with Gasteiger partial charge in [0, 0.05) is 6.54 Å². The molecule has 0 aliphatic carbocycles. The van der Waals surface area contributed by atoms with E-state index < -0.39 is 0 Å². The molecule has 4 rings (SSSR count). The van der Waals surface area contributed by atoms with Gasteiger partial charge >= 0.3 is 5.97 Å². The highest BCUT2D eigenvalue weighted by molar-refractivity contribution is 7.20. The van der Waals surface area contributed by atoms with Gasteiger partial charge in [-0.05, 0) is 62.2 Å². The molecule has 0 spiro atoms. The molecule has 146 valence electrons. The van der Waals surface area contributed by atoms with E-state index in [0.29, 0.717) is 5.19 Å². The molecule has 0 bridgehead atoms. The molecule has 1 aliphatic rings. The van der Waals surface area contributed by atoms with Gasteiger partial charge in [-0.3, -0.25) is 4.79 Å². The molecule has 1 saturated heterocycles. The predicted octanol–water partition coefficient (Wildman–Crippen LogP) is 4.52. The predicted molar refractivity (Wildman–Crippen MR) is 111 cm³/mol. The number of carbonyl (C=O) groups is 1. The van der Waals surface area contributed by atoms with E-state index in [1.807, 2.05) is 30.3 Å². The fourth-order valence-corrected chi connectivity index (χ4v) is 4.40. The second-order valence-corrected chi connectivity index (χ2v) is 8.08. The van der Waals surface area contributed by atoms with Crippen LogP contribution in [0.4, 0.5) is 0 Å². The summed E-state index contributed by atoms with van der Waals surface area (Å²) in [7, 11) is 1.47. The largest absolute Gasteiger partial charge is 0.469 e. The zero-order valence-electron chi connectivity index (χ0n) is 16.0. The second-order valence-electron chi connectivity index (χ2n) is 7.08. The summed E-state index contributed by atoms with van der Waals surface area (Å²) >= 11 is 1.56. The summed E-state index contributed by atoms with van der Waals surface area (Å²) in [6, 6.07) is 16.3. The SMILES string of the molecule is COC(=O)C1CCN(CCc2ccc(Oc3nc4ccccc4s3)cc2)CC1. The zero-order chi connectivity index (χ0) is 19.3. The van der Waals surface area contributed by atoms with Crippen molar-refractivity contribution < 1.29 is 14.3 Å². The van der Waals surface area contributed by atoms with Crippen LogP contribution < -0.4 is 4.74 Å². The number of benzene rings is 2. The molecule has 0 saturated carbocycles. The minimum atomic E-state index is -0.0663. The Morgan fingerprint density at radius 2 is 1.89 bits per heavy atom. The number of likely N-dealkylation sites (tertiary alicyclic amines) is 1. The van der Waals surface area contributed by atoms with Crippen LogP contribution in [0.2, 0.25) is 0 Å². The molecule has 28 heavy (non-hydrogen) atoms. The van der Waals surface area contributed by atoms with Crippen LogP contribution in [0.25, 0.3) is 10.2 Å². The topological polar surface area (TPSA) is 51.7 Å². The number of piperidine rings is 1. The number of thiazole rings is 1. The first-order valence-electron chi connectivity index (χ1n) is 9.64. The minimum Gasteiger partial charge on any atom is -0.469 e. The zero-order valence-corrected chi connectivity index (χ0v) is 16.8. The summed E-state index contributed by atoms with van der Waals surface area (Å²) in [5, 5.41) is 0.669. The van der Waals surface area contributed by atoms with E-state index in [9.17, 15) is 4.79 Å². The van der Waals surface area contributed by atoms with Gasteiger partial charge in [0.25, 0.3) is 5.19 Å². The molecular formula is C22H24N2O3S. The summed E-state index contributed by atoms with van der Waals surface area (Å²) in [6.45, 7) is 2.92. The fourth-order valence-electron chi connectivity index (χ4n) is 3.57. The summed E-state index contributed by atoms with van der Waals surface area (Å²) < 4.78 is 11.9. The van der Waals surface area contributed by atoms with Crippen molar-refractivity contribution in [1.82, 2.24) is 9.88 Å². The third kappa shape index (κ3) is 4.51. The van der Waals surface area contributed by atoms with Crippen LogP contribution in [0.15, 0.2) is 48.5 Å². The van der Waals surface area contributed by atoms with E-state index >= 15 is 0 Å². The Morgan fingerprint density at radius 1 is 1.14 bits per heavy atom. The monoisotopic (exact) mass is 396 g/mol. The number of nitrogens with zero attached hydrogens (tertiary/aromatic N) is 2. The van der Waals surface area contributed by atoms with E-state index in [-0.39, 0.29) is 11.9 Å². The van der Waals surface area contributed by atoms with Crippen molar-refractivity contribution in [1.29, 1.82) is 0 Å². The number of methoxy groups -OCH3 is 1. The number of aromatic nitrogens is 1. The van der Waals surface area contributed by atoms with E-state index in [0.717, 1.165) is 54.9 Å². The summed E-state index contributed by atoms with van der Waals surface area (Å²) in [4.78, 5) is 18.5. The highest BCUT2D eigenvalue weighted by atomic mass is 32.1. The fraction of sp³-hybridized carbons (Fsp3) is 0.364. The maximum atomic E-state index is 11.6. The number of carbonyl (C=O) groups excluding carboxylic acids is 1. The van der Waals surface area contributed by atoms with Crippen LogP contribution in [0.3, 0.4) is 0 Å². The van der Waals surface area contributed by atoms with Crippen LogP contribution in [0, 0.1) is 5.92 Å². The van der Waals surface area contributed by atoms with E-state index in [1.165, 1.54) is 12.7 Å². The third-order valence-corrected chi connectivity index (χ3v) is 6.16. The van der Waals surface area contributed by atoms with Crippen LogP contribution >= 0.6 is 11.3 Å². The molecule has 0 unspecified atom stereocenters. The van der Waals surface area contributed by atoms with Gasteiger partial charge in [0.15, 0.2) is 0 Å². The molecule has 0 radical (unpaired) electrons. The molecule has 5 nitrogen and oxygen atoms in total. The van der Waals surface area contributed by atoms with Gasteiger partial charge in [-0.2, -0.15) is 0 Å². The Balaban J connectivity index is 1.27. The van der Waals surface area contributed by atoms with Crippen molar-refractivity contribution in [2.75, 3.05) is 26.7 Å². The van der Waals surface area contributed by atoms with Gasteiger partial charge in [-0.15, -0.1) is 0 Å². The van der Waals surface area contributed by atoms with Crippen LogP contribution in [-0.2, 0) is 16.0 Å². The number of para-hydroxylation sites is 1. The average Bonchev–Trinajstić information content (AvgIpc) is 3.15. The van der Waals surface area contributed by atoms with E-state index in [2.05, 4.69) is 28.1 Å². The normalized spacial score (nSPS) is 15.6. The summed E-state index contributed by atoms with van der Waals surface area (Å²) in [5.74, 6) is 0.810. The van der Waals surface area contributed by atoms with E-state index in [1.54, 1.807) is 11.3 Å². The highest BCUT2D eigenvalue weighted by Crippen LogP contribution is 2.31. The first kappa shape index (κ1) is 18.9. The number of hydrogen-bond acceptors (Lipinski definition) is 6. The van der Waals surface area contributed by atoms with Crippen molar-refractivity contribution in [3.63, 3.8) is 0 Å². The van der Waals surface area contributed by atoms with Crippen molar-refractivity contribution >= 4 is 27.5 Å². The quantitative estimate of drug-likeness (QED) is 0.574. The maximum Gasteiger partial charge on any atom is 0.308 e. The van der Waals surface area contributed by atoms with Crippen LogP contribution in [-0.4, -0.2) is 42.6 Å². The molecule has 2 aromatic carbocycles. The van der Waals surface area contributed by atoms with Crippen molar-refractivity contribution in [3.05, 3.63) is 54.1 Å². The number of ether oxygens (including phenoxy) is 2.